The third-order valence-electron chi connectivity index (χ3n) is 2.12. The van der Waals surface area contributed by atoms with Crippen LogP contribution in [-0.2, 0) is 0 Å². The predicted molar refractivity (Wildman–Crippen MR) is 60.8 cm³/mol. The number of nitrogens with zero attached hydrogens (tertiary/aromatic N) is 2. The van der Waals surface area contributed by atoms with Crippen LogP contribution in [0.1, 0.15) is 10.5 Å². The van der Waals surface area contributed by atoms with E-state index in [2.05, 4.69) is 15.3 Å². The number of amides is 1. The number of nitrogens with one attached hydrogen (secondary N) is 1. The standard InChI is InChI=1S/C11H8F2N4O/c12-7-2-1-6(5-8(7)13)17-11(18)9-10(14)16-4-3-15-9/h1-5H,(H2,14,16)(H,17,18). The molecular formula is C11H8F2N4O. The molecule has 0 saturated carbocycles. The fraction of sp³-hybridized carbons (Fsp3) is 0. The third kappa shape index (κ3) is 2.40. The number of hydrogen-bond acceptors (Lipinski definition) is 4. The summed E-state index contributed by atoms with van der Waals surface area (Å²) >= 11 is 0. The molecule has 0 unspecified atom stereocenters. The van der Waals surface area contributed by atoms with Gasteiger partial charge < -0.3 is 11.1 Å². The maximum atomic E-state index is 12.9. The topological polar surface area (TPSA) is 80.9 Å². The zero-order valence-corrected chi connectivity index (χ0v) is 9.02. The predicted octanol–water partition coefficient (Wildman–Crippen LogP) is 1.59. The number of carbonyl (C=O) groups excluding carboxylic acids is 1. The zero-order valence-electron chi connectivity index (χ0n) is 9.02. The van der Waals surface area contributed by atoms with Crippen molar-refractivity contribution in [2.75, 3.05) is 11.1 Å². The molecule has 1 aromatic heterocycles. The number of nitrogen functional groups attached to an aromatic ring is 1. The number of halogens is 2. The Kier molecular flexibility index (Phi) is 3.13. The van der Waals surface area contributed by atoms with Crippen LogP contribution in [0.15, 0.2) is 30.6 Å². The maximum Gasteiger partial charge on any atom is 0.278 e. The lowest BCUT2D eigenvalue weighted by Gasteiger charge is -2.06. The molecule has 18 heavy (non-hydrogen) atoms. The lowest BCUT2D eigenvalue weighted by atomic mass is 10.3. The molecule has 1 aromatic carbocycles. The second-order valence-corrected chi connectivity index (χ2v) is 3.37. The van der Waals surface area contributed by atoms with E-state index in [-0.39, 0.29) is 17.2 Å². The van der Waals surface area contributed by atoms with Crippen LogP contribution >= 0.6 is 0 Å². The maximum absolute atomic E-state index is 12.9. The molecule has 0 saturated heterocycles. The van der Waals surface area contributed by atoms with Crippen molar-refractivity contribution in [3.63, 3.8) is 0 Å². The van der Waals surface area contributed by atoms with Crippen LogP contribution in [0, 0.1) is 11.6 Å². The molecule has 0 aliphatic carbocycles. The quantitative estimate of drug-likeness (QED) is 0.848. The number of aromatic nitrogens is 2. The van der Waals surface area contributed by atoms with Gasteiger partial charge in [0.2, 0.25) is 0 Å². The largest absolute Gasteiger partial charge is 0.382 e. The Morgan fingerprint density at radius 1 is 1.17 bits per heavy atom. The van der Waals surface area contributed by atoms with Gasteiger partial charge in [-0.1, -0.05) is 0 Å². The fourth-order valence-electron chi connectivity index (χ4n) is 1.29. The normalized spacial score (nSPS) is 10.1. The summed E-state index contributed by atoms with van der Waals surface area (Å²) in [7, 11) is 0. The van der Waals surface area contributed by atoms with Crippen LogP contribution in [0.5, 0.6) is 0 Å². The van der Waals surface area contributed by atoms with E-state index < -0.39 is 17.5 Å². The van der Waals surface area contributed by atoms with Gasteiger partial charge in [0, 0.05) is 24.1 Å². The van der Waals surface area contributed by atoms with Crippen molar-refractivity contribution in [2.45, 2.75) is 0 Å². The van der Waals surface area contributed by atoms with Crippen molar-refractivity contribution >= 4 is 17.4 Å². The Labute approximate surface area is 101 Å². The van der Waals surface area contributed by atoms with Crippen LogP contribution in [0.2, 0.25) is 0 Å². The van der Waals surface area contributed by atoms with E-state index in [0.717, 1.165) is 12.1 Å². The van der Waals surface area contributed by atoms with Crippen molar-refractivity contribution in [1.29, 1.82) is 0 Å². The second-order valence-electron chi connectivity index (χ2n) is 3.37. The minimum absolute atomic E-state index is 0.0439. The molecule has 7 heteroatoms. The molecule has 0 aliphatic rings. The first-order valence-electron chi connectivity index (χ1n) is 4.91. The summed E-state index contributed by atoms with van der Waals surface area (Å²) in [6, 6.07) is 2.99. The smallest absolute Gasteiger partial charge is 0.278 e. The summed E-state index contributed by atoms with van der Waals surface area (Å²) in [6.07, 6.45) is 2.64. The van der Waals surface area contributed by atoms with Gasteiger partial charge in [0.25, 0.3) is 5.91 Å². The van der Waals surface area contributed by atoms with Gasteiger partial charge in [-0.2, -0.15) is 0 Å². The molecule has 5 nitrogen and oxygen atoms in total. The van der Waals surface area contributed by atoms with Gasteiger partial charge in [0.05, 0.1) is 0 Å². The van der Waals surface area contributed by atoms with Crippen molar-refractivity contribution < 1.29 is 13.6 Å². The summed E-state index contributed by atoms with van der Waals surface area (Å²) in [4.78, 5) is 19.2. The van der Waals surface area contributed by atoms with Crippen LogP contribution < -0.4 is 11.1 Å². The van der Waals surface area contributed by atoms with Crippen molar-refractivity contribution in [3.05, 3.63) is 47.9 Å². The first-order chi connectivity index (χ1) is 8.58. The number of hydrogen-bond donors (Lipinski definition) is 2. The molecule has 0 fully saturated rings. The van der Waals surface area contributed by atoms with Crippen LogP contribution in [0.4, 0.5) is 20.3 Å². The first-order valence-corrected chi connectivity index (χ1v) is 4.91. The monoisotopic (exact) mass is 250 g/mol. The Hall–Kier alpha value is -2.57. The van der Waals surface area contributed by atoms with E-state index >= 15 is 0 Å². The van der Waals surface area contributed by atoms with Gasteiger partial charge in [-0.15, -0.1) is 0 Å². The van der Waals surface area contributed by atoms with Crippen LogP contribution in [0.3, 0.4) is 0 Å². The Morgan fingerprint density at radius 3 is 2.56 bits per heavy atom. The van der Waals surface area contributed by atoms with E-state index in [1.807, 2.05) is 0 Å². The molecule has 3 N–H and O–H groups in total. The average molecular weight is 250 g/mol. The molecule has 0 aliphatic heterocycles. The minimum Gasteiger partial charge on any atom is -0.382 e. The summed E-state index contributed by atoms with van der Waals surface area (Å²) in [6.45, 7) is 0. The van der Waals surface area contributed by atoms with E-state index in [9.17, 15) is 13.6 Å². The molecular weight excluding hydrogens is 242 g/mol. The van der Waals surface area contributed by atoms with Gasteiger partial charge in [-0.3, -0.25) is 4.79 Å². The summed E-state index contributed by atoms with van der Waals surface area (Å²) in [5, 5.41) is 2.34. The number of benzene rings is 1. The number of carbonyl (C=O) groups is 1. The van der Waals surface area contributed by atoms with Gasteiger partial charge in [-0.25, -0.2) is 18.7 Å². The summed E-state index contributed by atoms with van der Waals surface area (Å²) < 4.78 is 25.6. The van der Waals surface area contributed by atoms with E-state index in [1.165, 1.54) is 18.5 Å². The summed E-state index contributed by atoms with van der Waals surface area (Å²) in [5.74, 6) is -2.74. The lowest BCUT2D eigenvalue weighted by molar-refractivity contribution is 0.102. The molecule has 0 atom stereocenters. The average Bonchev–Trinajstić information content (AvgIpc) is 2.34. The van der Waals surface area contributed by atoms with E-state index in [4.69, 9.17) is 5.73 Å². The number of nitrogens with two attached hydrogens (primary N) is 1. The molecule has 1 amide bonds. The highest BCUT2D eigenvalue weighted by Crippen LogP contribution is 2.14. The van der Waals surface area contributed by atoms with Crippen molar-refractivity contribution in [1.82, 2.24) is 9.97 Å². The molecule has 1 heterocycles. The molecule has 0 spiro atoms. The first kappa shape index (κ1) is 11.9. The van der Waals surface area contributed by atoms with Crippen LogP contribution in [0.25, 0.3) is 0 Å². The van der Waals surface area contributed by atoms with Gasteiger partial charge in [0.1, 0.15) is 0 Å². The van der Waals surface area contributed by atoms with Crippen molar-refractivity contribution in [2.24, 2.45) is 0 Å². The molecule has 2 rings (SSSR count). The zero-order chi connectivity index (χ0) is 13.1. The summed E-state index contributed by atoms with van der Waals surface area (Å²) in [5.41, 5.74) is 5.48. The molecule has 0 radical (unpaired) electrons. The lowest BCUT2D eigenvalue weighted by Crippen LogP contribution is -2.16. The Bertz CT molecular complexity index is 603. The fourth-order valence-corrected chi connectivity index (χ4v) is 1.29. The Balaban J connectivity index is 2.22. The van der Waals surface area contributed by atoms with Gasteiger partial charge in [-0.05, 0) is 12.1 Å². The number of anilines is 2. The minimum atomic E-state index is -1.06. The van der Waals surface area contributed by atoms with E-state index in [1.54, 1.807) is 0 Å². The SMILES string of the molecule is Nc1nccnc1C(=O)Nc1ccc(F)c(F)c1. The molecule has 2 aromatic rings. The Morgan fingerprint density at radius 2 is 1.89 bits per heavy atom. The highest BCUT2D eigenvalue weighted by atomic mass is 19.2. The highest BCUT2D eigenvalue weighted by molar-refractivity contribution is 6.05. The third-order valence-corrected chi connectivity index (χ3v) is 2.12. The molecule has 0 bridgehead atoms. The number of rotatable bonds is 2. The second kappa shape index (κ2) is 4.74. The van der Waals surface area contributed by atoms with E-state index in [0.29, 0.717) is 0 Å². The van der Waals surface area contributed by atoms with Crippen LogP contribution in [-0.4, -0.2) is 15.9 Å². The highest BCUT2D eigenvalue weighted by Gasteiger charge is 2.13. The van der Waals surface area contributed by atoms with Crippen molar-refractivity contribution in [3.8, 4) is 0 Å². The molecule has 92 valence electrons. The van der Waals surface area contributed by atoms with Gasteiger partial charge >= 0.3 is 0 Å². The van der Waals surface area contributed by atoms with Gasteiger partial charge in [0.15, 0.2) is 23.1 Å².